The molecule has 6 nitrogen and oxygen atoms in total. The van der Waals surface area contributed by atoms with Crippen molar-refractivity contribution in [2.24, 2.45) is 0 Å². The Bertz CT molecular complexity index is 595. The number of sulfonamides is 1. The van der Waals surface area contributed by atoms with Crippen molar-refractivity contribution in [2.45, 2.75) is 56.7 Å². The molecule has 8 heteroatoms. The van der Waals surface area contributed by atoms with Gasteiger partial charge in [-0.25, -0.2) is 18.1 Å². The summed E-state index contributed by atoms with van der Waals surface area (Å²) in [6, 6.07) is -0.00394. The number of hydrogen-bond acceptors (Lipinski definition) is 6. The number of nitrogens with zero attached hydrogens (tertiary/aromatic N) is 3. The van der Waals surface area contributed by atoms with Crippen LogP contribution in [0.5, 0.6) is 0 Å². The Morgan fingerprint density at radius 3 is 2.71 bits per heavy atom. The molecule has 1 saturated carbocycles. The van der Waals surface area contributed by atoms with Gasteiger partial charge in [-0.3, -0.25) is 0 Å². The minimum absolute atomic E-state index is 0.00394. The molecule has 1 aromatic rings. The molecule has 1 atom stereocenters. The summed E-state index contributed by atoms with van der Waals surface area (Å²) in [5, 5.41) is 0.760. The maximum Gasteiger partial charge on any atom is 0.214 e. The first-order valence-corrected chi connectivity index (χ1v) is 9.87. The Hall–Kier alpha value is -0.730. The summed E-state index contributed by atoms with van der Waals surface area (Å²) in [6.45, 7) is 5.77. The topological polar surface area (TPSA) is 75.2 Å². The van der Waals surface area contributed by atoms with Gasteiger partial charge in [0.2, 0.25) is 15.2 Å². The van der Waals surface area contributed by atoms with Crippen LogP contribution in [-0.2, 0) is 10.0 Å². The number of anilines is 1. The predicted molar refractivity (Wildman–Crippen MR) is 84.3 cm³/mol. The smallest absolute Gasteiger partial charge is 0.214 e. The Labute approximate surface area is 130 Å². The average Bonchev–Trinajstić information content (AvgIpc) is 3.17. The molecule has 0 bridgehead atoms. The average molecular weight is 330 g/mol. The van der Waals surface area contributed by atoms with Crippen LogP contribution >= 0.6 is 11.5 Å². The second-order valence-electron chi connectivity index (χ2n) is 6.24. The van der Waals surface area contributed by atoms with Crippen molar-refractivity contribution in [1.29, 1.82) is 0 Å². The largest absolute Gasteiger partial charge is 0.345 e. The fraction of sp³-hybridized carbons (Fsp3) is 0.846. The van der Waals surface area contributed by atoms with E-state index in [-0.39, 0.29) is 11.3 Å². The molecule has 1 unspecified atom stereocenters. The van der Waals surface area contributed by atoms with E-state index in [1.807, 2.05) is 0 Å². The van der Waals surface area contributed by atoms with Gasteiger partial charge in [0.1, 0.15) is 5.82 Å². The number of aromatic nitrogens is 2. The SMILES string of the molecule is CC(C)c1nsc(N2CCCC(NS(=O)(=O)C3CC3)C2)n1. The summed E-state index contributed by atoms with van der Waals surface area (Å²) < 4.78 is 31.3. The molecule has 118 valence electrons. The van der Waals surface area contributed by atoms with Crippen LogP contribution in [0.25, 0.3) is 0 Å². The summed E-state index contributed by atoms with van der Waals surface area (Å²) >= 11 is 1.41. The van der Waals surface area contributed by atoms with E-state index in [4.69, 9.17) is 0 Å². The molecule has 1 saturated heterocycles. The Morgan fingerprint density at radius 2 is 2.10 bits per heavy atom. The van der Waals surface area contributed by atoms with E-state index in [1.54, 1.807) is 0 Å². The second-order valence-corrected chi connectivity index (χ2v) is 8.96. The fourth-order valence-corrected chi connectivity index (χ4v) is 4.99. The van der Waals surface area contributed by atoms with Crippen molar-refractivity contribution < 1.29 is 8.42 Å². The van der Waals surface area contributed by atoms with Gasteiger partial charge in [0.05, 0.1) is 5.25 Å². The highest BCUT2D eigenvalue weighted by atomic mass is 32.2. The third kappa shape index (κ3) is 3.54. The molecule has 0 radical (unpaired) electrons. The molecular weight excluding hydrogens is 308 g/mol. The third-order valence-corrected chi connectivity index (χ3v) is 6.74. The lowest BCUT2D eigenvalue weighted by Gasteiger charge is -2.32. The molecule has 2 fully saturated rings. The van der Waals surface area contributed by atoms with Crippen LogP contribution in [0.15, 0.2) is 0 Å². The summed E-state index contributed by atoms with van der Waals surface area (Å²) in [5.41, 5.74) is 0. The standard InChI is InChI=1S/C13H22N4O2S2/c1-9(2)12-14-13(20-15-12)17-7-3-4-10(8-17)16-21(18,19)11-5-6-11/h9-11,16H,3-8H2,1-2H3. The third-order valence-electron chi connectivity index (χ3n) is 3.93. The van der Waals surface area contributed by atoms with E-state index in [0.29, 0.717) is 12.5 Å². The molecule has 0 amide bonds. The van der Waals surface area contributed by atoms with Crippen LogP contribution < -0.4 is 9.62 Å². The minimum Gasteiger partial charge on any atom is -0.345 e. The molecule has 0 spiro atoms. The number of piperidine rings is 1. The molecule has 2 heterocycles. The van der Waals surface area contributed by atoms with Crippen molar-refractivity contribution in [3.05, 3.63) is 5.82 Å². The highest BCUT2D eigenvalue weighted by molar-refractivity contribution is 7.90. The van der Waals surface area contributed by atoms with Gasteiger partial charge in [0.25, 0.3) is 0 Å². The minimum atomic E-state index is -3.11. The fourth-order valence-electron chi connectivity index (χ4n) is 2.54. The van der Waals surface area contributed by atoms with Crippen LogP contribution in [-0.4, -0.2) is 42.2 Å². The van der Waals surface area contributed by atoms with Gasteiger partial charge in [0.15, 0.2) is 0 Å². The van der Waals surface area contributed by atoms with Crippen molar-refractivity contribution in [3.63, 3.8) is 0 Å². The van der Waals surface area contributed by atoms with Crippen LogP contribution in [0.1, 0.15) is 51.3 Å². The molecule has 1 N–H and O–H groups in total. The molecule has 0 aromatic carbocycles. The lowest BCUT2D eigenvalue weighted by Crippen LogP contribution is -2.48. The van der Waals surface area contributed by atoms with Crippen molar-refractivity contribution in [3.8, 4) is 0 Å². The van der Waals surface area contributed by atoms with Crippen molar-refractivity contribution in [2.75, 3.05) is 18.0 Å². The highest BCUT2D eigenvalue weighted by Gasteiger charge is 2.37. The summed E-state index contributed by atoms with van der Waals surface area (Å²) in [4.78, 5) is 6.73. The van der Waals surface area contributed by atoms with Gasteiger partial charge in [-0.05, 0) is 25.7 Å². The molecule has 1 aromatic heterocycles. The van der Waals surface area contributed by atoms with Gasteiger partial charge in [0, 0.05) is 36.6 Å². The predicted octanol–water partition coefficient (Wildman–Crippen LogP) is 1.71. The summed E-state index contributed by atoms with van der Waals surface area (Å²) in [7, 11) is -3.11. The summed E-state index contributed by atoms with van der Waals surface area (Å²) in [5.74, 6) is 1.19. The molecule has 3 rings (SSSR count). The zero-order chi connectivity index (χ0) is 15.0. The van der Waals surface area contributed by atoms with Crippen molar-refractivity contribution >= 4 is 26.7 Å². The van der Waals surface area contributed by atoms with Gasteiger partial charge in [-0.1, -0.05) is 13.8 Å². The Morgan fingerprint density at radius 1 is 1.33 bits per heavy atom. The molecular formula is C13H22N4O2S2. The quantitative estimate of drug-likeness (QED) is 0.889. The van der Waals surface area contributed by atoms with E-state index in [2.05, 4.69) is 32.8 Å². The van der Waals surface area contributed by atoms with E-state index < -0.39 is 10.0 Å². The zero-order valence-electron chi connectivity index (χ0n) is 12.4. The maximum atomic E-state index is 12.0. The monoisotopic (exact) mass is 330 g/mol. The van der Waals surface area contributed by atoms with E-state index in [1.165, 1.54) is 11.5 Å². The maximum absolute atomic E-state index is 12.0. The molecule has 2 aliphatic rings. The van der Waals surface area contributed by atoms with E-state index in [0.717, 1.165) is 43.2 Å². The normalized spacial score (nSPS) is 23.8. The van der Waals surface area contributed by atoms with Crippen LogP contribution in [0.4, 0.5) is 5.13 Å². The van der Waals surface area contributed by atoms with Crippen LogP contribution in [0, 0.1) is 0 Å². The van der Waals surface area contributed by atoms with Crippen molar-refractivity contribution in [1.82, 2.24) is 14.1 Å². The Kier molecular flexibility index (Phi) is 4.20. The molecule has 21 heavy (non-hydrogen) atoms. The van der Waals surface area contributed by atoms with Gasteiger partial charge in [-0.2, -0.15) is 4.37 Å². The van der Waals surface area contributed by atoms with Crippen LogP contribution in [0.2, 0.25) is 0 Å². The van der Waals surface area contributed by atoms with Gasteiger partial charge < -0.3 is 4.90 Å². The molecule has 1 aliphatic heterocycles. The zero-order valence-corrected chi connectivity index (χ0v) is 14.1. The number of hydrogen-bond donors (Lipinski definition) is 1. The first-order valence-electron chi connectivity index (χ1n) is 7.55. The first kappa shape index (κ1) is 15.2. The Balaban J connectivity index is 1.64. The lowest BCUT2D eigenvalue weighted by molar-refractivity contribution is 0.465. The highest BCUT2D eigenvalue weighted by Crippen LogP contribution is 2.29. The van der Waals surface area contributed by atoms with Crippen LogP contribution in [0.3, 0.4) is 0 Å². The number of nitrogens with one attached hydrogen (secondary N) is 1. The lowest BCUT2D eigenvalue weighted by atomic mass is 10.1. The van der Waals surface area contributed by atoms with E-state index >= 15 is 0 Å². The summed E-state index contributed by atoms with van der Waals surface area (Å²) in [6.07, 6.45) is 3.49. The van der Waals surface area contributed by atoms with Gasteiger partial charge >= 0.3 is 0 Å². The molecule has 1 aliphatic carbocycles. The van der Waals surface area contributed by atoms with Gasteiger partial charge in [-0.15, -0.1) is 0 Å². The van der Waals surface area contributed by atoms with E-state index in [9.17, 15) is 8.42 Å². The second kappa shape index (κ2) is 5.81. The first-order chi connectivity index (χ1) is 9.95. The number of rotatable bonds is 5.